The van der Waals surface area contributed by atoms with E-state index in [1.165, 1.54) is 12.1 Å². The van der Waals surface area contributed by atoms with Gasteiger partial charge in [0.2, 0.25) is 9.84 Å². The zero-order valence-corrected chi connectivity index (χ0v) is 12.3. The van der Waals surface area contributed by atoms with E-state index in [9.17, 15) is 13.7 Å². The first-order chi connectivity index (χ1) is 10.1. The summed E-state index contributed by atoms with van der Waals surface area (Å²) in [5.41, 5.74) is 0. The summed E-state index contributed by atoms with van der Waals surface area (Å²) in [5.74, 6) is 0.329. The second-order valence-electron chi connectivity index (χ2n) is 4.60. The average molecular weight is 307 g/mol. The van der Waals surface area contributed by atoms with Crippen LogP contribution >= 0.6 is 0 Å². The lowest BCUT2D eigenvalue weighted by atomic mass is 10.4. The summed E-state index contributed by atoms with van der Waals surface area (Å²) >= 11 is 0. The maximum Gasteiger partial charge on any atom is 0.220 e. The van der Waals surface area contributed by atoms with Gasteiger partial charge in [-0.25, -0.2) is 8.42 Å². The number of benzene rings is 1. The Bertz CT molecular complexity index is 662. The number of nitrogens with one attached hydrogen (secondary N) is 1. The Morgan fingerprint density at radius 3 is 2.71 bits per heavy atom. The molecule has 1 aromatic carbocycles. The molecule has 0 radical (unpaired) electrons. The highest BCUT2D eigenvalue weighted by molar-refractivity contribution is 7.95. The van der Waals surface area contributed by atoms with E-state index < -0.39 is 9.84 Å². The number of aliphatic hydroxyl groups is 1. The molecular formula is C14H17N3O3S. The van der Waals surface area contributed by atoms with Crippen LogP contribution in [0.2, 0.25) is 0 Å². The third-order valence-electron chi connectivity index (χ3n) is 3.22. The lowest BCUT2D eigenvalue weighted by Crippen LogP contribution is -2.25. The number of sulfone groups is 1. The van der Waals surface area contributed by atoms with Crippen LogP contribution in [0.1, 0.15) is 6.42 Å². The molecule has 7 heteroatoms. The van der Waals surface area contributed by atoms with Gasteiger partial charge in [-0.2, -0.15) is 5.26 Å². The second-order valence-corrected chi connectivity index (χ2v) is 6.48. The predicted octanol–water partition coefficient (Wildman–Crippen LogP) is 0.441. The minimum absolute atomic E-state index is 0.0249. The van der Waals surface area contributed by atoms with Crippen molar-refractivity contribution in [2.45, 2.75) is 11.3 Å². The number of rotatable bonds is 5. The third kappa shape index (κ3) is 3.17. The second kappa shape index (κ2) is 6.61. The maximum absolute atomic E-state index is 12.6. The molecular weight excluding hydrogens is 290 g/mol. The Morgan fingerprint density at radius 1 is 1.38 bits per heavy atom. The summed E-state index contributed by atoms with van der Waals surface area (Å²) in [7, 11) is -3.84. The zero-order chi connectivity index (χ0) is 15.3. The van der Waals surface area contributed by atoms with Crippen molar-refractivity contribution in [3.05, 3.63) is 41.1 Å². The fourth-order valence-electron chi connectivity index (χ4n) is 2.20. The van der Waals surface area contributed by atoms with Crippen LogP contribution < -0.4 is 5.32 Å². The number of hydrogen-bond acceptors (Lipinski definition) is 6. The molecule has 1 aliphatic heterocycles. The number of aliphatic hydroxyl groups excluding tert-OH is 1. The van der Waals surface area contributed by atoms with E-state index in [0.29, 0.717) is 31.9 Å². The van der Waals surface area contributed by atoms with E-state index in [1.807, 2.05) is 6.07 Å². The molecule has 0 atom stereocenters. The molecule has 0 spiro atoms. The molecule has 1 heterocycles. The van der Waals surface area contributed by atoms with Crippen molar-refractivity contribution < 1.29 is 13.5 Å². The molecule has 2 rings (SSSR count). The van der Waals surface area contributed by atoms with E-state index in [-0.39, 0.29) is 16.4 Å². The largest absolute Gasteiger partial charge is 0.396 e. The minimum atomic E-state index is -3.84. The Morgan fingerprint density at radius 2 is 2.10 bits per heavy atom. The van der Waals surface area contributed by atoms with Crippen LogP contribution in [0.3, 0.4) is 0 Å². The van der Waals surface area contributed by atoms with Crippen LogP contribution in [0.15, 0.2) is 46.0 Å². The molecule has 2 N–H and O–H groups in total. The molecule has 0 unspecified atom stereocenters. The molecule has 0 aliphatic carbocycles. The van der Waals surface area contributed by atoms with Crippen LogP contribution in [0, 0.1) is 11.3 Å². The SMILES string of the molecule is N#C/C(=C1\NCCN1CCCO)S(=O)(=O)c1ccccc1. The van der Waals surface area contributed by atoms with Crippen LogP contribution in [-0.2, 0) is 9.84 Å². The quantitative estimate of drug-likeness (QED) is 0.767. The van der Waals surface area contributed by atoms with Gasteiger partial charge in [-0.15, -0.1) is 0 Å². The van der Waals surface area contributed by atoms with Crippen molar-refractivity contribution >= 4 is 9.84 Å². The highest BCUT2D eigenvalue weighted by Crippen LogP contribution is 2.23. The molecule has 1 saturated heterocycles. The van der Waals surface area contributed by atoms with Crippen LogP contribution in [-0.4, -0.2) is 44.7 Å². The molecule has 0 saturated carbocycles. The minimum Gasteiger partial charge on any atom is -0.396 e. The molecule has 1 fully saturated rings. The van der Waals surface area contributed by atoms with Gasteiger partial charge in [-0.3, -0.25) is 0 Å². The third-order valence-corrected chi connectivity index (χ3v) is 4.93. The van der Waals surface area contributed by atoms with E-state index >= 15 is 0 Å². The topological polar surface area (TPSA) is 93.4 Å². The molecule has 0 bridgehead atoms. The lowest BCUT2D eigenvalue weighted by molar-refractivity contribution is 0.261. The van der Waals surface area contributed by atoms with Crippen molar-refractivity contribution in [2.24, 2.45) is 0 Å². The molecule has 112 valence electrons. The van der Waals surface area contributed by atoms with E-state index in [0.717, 1.165) is 0 Å². The van der Waals surface area contributed by atoms with Gasteiger partial charge in [0.05, 0.1) is 4.90 Å². The molecule has 6 nitrogen and oxygen atoms in total. The van der Waals surface area contributed by atoms with Gasteiger partial charge >= 0.3 is 0 Å². The number of allylic oxidation sites excluding steroid dienone is 1. The molecule has 1 aromatic rings. The summed E-state index contributed by atoms with van der Waals surface area (Å²) in [6, 6.07) is 9.73. The van der Waals surface area contributed by atoms with Crippen molar-refractivity contribution in [1.82, 2.24) is 10.2 Å². The Hall–Kier alpha value is -2.04. The highest BCUT2D eigenvalue weighted by atomic mass is 32.2. The van der Waals surface area contributed by atoms with Crippen molar-refractivity contribution in [2.75, 3.05) is 26.2 Å². The Balaban J connectivity index is 2.43. The predicted molar refractivity (Wildman–Crippen MR) is 77.5 cm³/mol. The summed E-state index contributed by atoms with van der Waals surface area (Å²) in [4.78, 5) is 1.61. The van der Waals surface area contributed by atoms with Gasteiger partial charge in [0.1, 0.15) is 11.9 Å². The first-order valence-electron chi connectivity index (χ1n) is 6.65. The summed E-state index contributed by atoms with van der Waals surface area (Å²) < 4.78 is 25.1. The zero-order valence-electron chi connectivity index (χ0n) is 11.5. The summed E-state index contributed by atoms with van der Waals surface area (Å²) in [6.07, 6.45) is 0.523. The fraction of sp³-hybridized carbons (Fsp3) is 0.357. The smallest absolute Gasteiger partial charge is 0.220 e. The molecule has 21 heavy (non-hydrogen) atoms. The average Bonchev–Trinajstić information content (AvgIpc) is 2.94. The van der Waals surface area contributed by atoms with Crippen LogP contribution in [0.5, 0.6) is 0 Å². The number of nitriles is 1. The summed E-state index contributed by atoms with van der Waals surface area (Å²) in [6.45, 7) is 1.73. The summed E-state index contributed by atoms with van der Waals surface area (Å²) in [5, 5.41) is 21.2. The monoisotopic (exact) mass is 307 g/mol. The van der Waals surface area contributed by atoms with Gasteiger partial charge in [0, 0.05) is 26.2 Å². The number of nitrogens with zero attached hydrogens (tertiary/aromatic N) is 2. The molecule has 0 aromatic heterocycles. The fourth-order valence-corrected chi connectivity index (χ4v) is 3.53. The number of hydrogen-bond donors (Lipinski definition) is 2. The Labute approximate surface area is 124 Å². The molecule has 1 aliphatic rings. The van der Waals surface area contributed by atoms with Crippen molar-refractivity contribution in [3.63, 3.8) is 0 Å². The van der Waals surface area contributed by atoms with Gasteiger partial charge in [-0.1, -0.05) is 18.2 Å². The van der Waals surface area contributed by atoms with Crippen molar-refractivity contribution in [3.8, 4) is 6.07 Å². The van der Waals surface area contributed by atoms with E-state index in [2.05, 4.69) is 5.32 Å². The van der Waals surface area contributed by atoms with E-state index in [4.69, 9.17) is 5.11 Å². The first kappa shape index (κ1) is 15.4. The maximum atomic E-state index is 12.6. The van der Waals surface area contributed by atoms with Gasteiger partial charge in [0.15, 0.2) is 4.91 Å². The van der Waals surface area contributed by atoms with Crippen LogP contribution in [0.25, 0.3) is 0 Å². The van der Waals surface area contributed by atoms with Crippen LogP contribution in [0.4, 0.5) is 0 Å². The van der Waals surface area contributed by atoms with Gasteiger partial charge in [-0.05, 0) is 18.6 Å². The standard InChI is InChI=1S/C14H17N3O3S/c15-11-13(14-16-7-9-17(14)8-4-10-18)21(19,20)12-5-2-1-3-6-12/h1-3,5-6,16,18H,4,7-10H2/b14-13-. The lowest BCUT2D eigenvalue weighted by Gasteiger charge is -2.19. The van der Waals surface area contributed by atoms with E-state index in [1.54, 1.807) is 23.1 Å². The Kier molecular flexibility index (Phi) is 4.83. The highest BCUT2D eigenvalue weighted by Gasteiger charge is 2.29. The normalized spacial score (nSPS) is 17.2. The van der Waals surface area contributed by atoms with Gasteiger partial charge in [0.25, 0.3) is 0 Å². The molecule has 0 amide bonds. The van der Waals surface area contributed by atoms with Crippen molar-refractivity contribution in [1.29, 1.82) is 5.26 Å². The van der Waals surface area contributed by atoms with Gasteiger partial charge < -0.3 is 15.3 Å². The first-order valence-corrected chi connectivity index (χ1v) is 8.13.